The Morgan fingerprint density at radius 1 is 1.50 bits per heavy atom. The number of nitrogens with one attached hydrogen (secondary N) is 2. The molecule has 0 spiro atoms. The highest BCUT2D eigenvalue weighted by molar-refractivity contribution is 5.82. The summed E-state index contributed by atoms with van der Waals surface area (Å²) >= 11 is 0. The molecular weight excluding hydrogens is 283 g/mol. The molecule has 1 saturated heterocycles. The molecule has 1 aromatic carbocycles. The first-order valence-electron chi connectivity index (χ1n) is 7.78. The molecule has 2 aromatic rings. The number of rotatable bonds is 5. The van der Waals surface area contributed by atoms with Gasteiger partial charge < -0.3 is 15.2 Å². The first-order valence-corrected chi connectivity index (χ1v) is 7.78. The van der Waals surface area contributed by atoms with Crippen molar-refractivity contribution >= 4 is 16.9 Å². The predicted octanol–water partition coefficient (Wildman–Crippen LogP) is 1.41. The minimum Gasteiger partial charge on any atom is -0.354 e. The van der Waals surface area contributed by atoms with Gasteiger partial charge in [0.15, 0.2) is 0 Å². The molecule has 22 heavy (non-hydrogen) atoms. The van der Waals surface area contributed by atoms with E-state index < -0.39 is 12.2 Å². The van der Waals surface area contributed by atoms with Crippen molar-refractivity contribution in [1.29, 1.82) is 0 Å². The lowest BCUT2D eigenvalue weighted by molar-refractivity contribution is -0.122. The van der Waals surface area contributed by atoms with Crippen LogP contribution in [0.2, 0.25) is 0 Å². The van der Waals surface area contributed by atoms with Gasteiger partial charge in [0.1, 0.15) is 12.0 Å². The van der Waals surface area contributed by atoms with Gasteiger partial charge in [-0.05, 0) is 19.1 Å². The maximum absolute atomic E-state index is 13.1. The van der Waals surface area contributed by atoms with E-state index in [-0.39, 0.29) is 18.9 Å². The molecule has 1 fully saturated rings. The Labute approximate surface area is 128 Å². The minimum atomic E-state index is -0.917. The molecule has 0 radical (unpaired) electrons. The monoisotopic (exact) mass is 304 g/mol. The van der Waals surface area contributed by atoms with Crippen molar-refractivity contribution in [2.24, 2.45) is 0 Å². The van der Waals surface area contributed by atoms with Crippen molar-refractivity contribution in [2.45, 2.75) is 38.5 Å². The predicted molar refractivity (Wildman–Crippen MR) is 83.4 cm³/mol. The molecule has 118 valence electrons. The number of aryl methyl sites for hydroxylation is 1. The summed E-state index contributed by atoms with van der Waals surface area (Å²) in [5, 5.41) is 5.76. The summed E-state index contributed by atoms with van der Waals surface area (Å²) < 4.78 is 15.2. The fourth-order valence-electron chi connectivity index (χ4n) is 2.98. The quantitative estimate of drug-likeness (QED) is 0.878. The Balaban J connectivity index is 1.61. The van der Waals surface area contributed by atoms with Gasteiger partial charge in [-0.2, -0.15) is 0 Å². The molecule has 6 heteroatoms. The van der Waals surface area contributed by atoms with Crippen molar-refractivity contribution in [1.82, 2.24) is 20.2 Å². The third-order valence-corrected chi connectivity index (χ3v) is 4.09. The molecule has 2 N–H and O–H groups in total. The van der Waals surface area contributed by atoms with Crippen LogP contribution in [0.25, 0.3) is 11.0 Å². The molecule has 0 bridgehead atoms. The molecule has 1 aliphatic rings. The molecule has 0 aliphatic carbocycles. The number of imidazole rings is 1. The Hall–Kier alpha value is -1.95. The molecule has 2 atom stereocenters. The lowest BCUT2D eigenvalue weighted by Gasteiger charge is -2.11. The van der Waals surface area contributed by atoms with Crippen LogP contribution < -0.4 is 10.6 Å². The fraction of sp³-hybridized carbons (Fsp3) is 0.500. The highest BCUT2D eigenvalue weighted by atomic mass is 19.1. The van der Waals surface area contributed by atoms with Crippen molar-refractivity contribution in [3.63, 3.8) is 0 Å². The zero-order chi connectivity index (χ0) is 15.5. The number of amides is 1. The average Bonchev–Trinajstić information content (AvgIpc) is 3.10. The lowest BCUT2D eigenvalue weighted by atomic mass is 10.2. The number of carbonyl (C=O) groups excluding carboxylic acids is 1. The van der Waals surface area contributed by atoms with E-state index in [1.54, 1.807) is 0 Å². The van der Waals surface area contributed by atoms with E-state index in [1.165, 1.54) is 0 Å². The van der Waals surface area contributed by atoms with Crippen LogP contribution in [-0.4, -0.2) is 40.8 Å². The summed E-state index contributed by atoms with van der Waals surface area (Å²) in [4.78, 5) is 16.6. The fourth-order valence-corrected chi connectivity index (χ4v) is 2.98. The van der Waals surface area contributed by atoms with Crippen LogP contribution in [0.1, 0.15) is 19.2 Å². The second-order valence-corrected chi connectivity index (χ2v) is 5.60. The molecule has 2 heterocycles. The van der Waals surface area contributed by atoms with E-state index in [4.69, 9.17) is 0 Å². The van der Waals surface area contributed by atoms with E-state index >= 15 is 0 Å². The first-order chi connectivity index (χ1) is 10.7. The topological polar surface area (TPSA) is 59.0 Å². The highest BCUT2D eigenvalue weighted by Crippen LogP contribution is 2.16. The van der Waals surface area contributed by atoms with Crippen LogP contribution in [0.15, 0.2) is 24.3 Å². The van der Waals surface area contributed by atoms with E-state index in [2.05, 4.69) is 33.2 Å². The Morgan fingerprint density at radius 3 is 3.05 bits per heavy atom. The maximum Gasteiger partial charge on any atom is 0.237 e. The number of aromatic nitrogens is 2. The number of halogens is 1. The maximum atomic E-state index is 13.1. The van der Waals surface area contributed by atoms with Crippen LogP contribution in [0.5, 0.6) is 0 Å². The van der Waals surface area contributed by atoms with E-state index in [0.717, 1.165) is 23.4 Å². The van der Waals surface area contributed by atoms with Gasteiger partial charge in [-0.3, -0.25) is 4.79 Å². The molecule has 0 unspecified atom stereocenters. The molecule has 1 aliphatic heterocycles. The van der Waals surface area contributed by atoms with Crippen molar-refractivity contribution < 1.29 is 9.18 Å². The van der Waals surface area contributed by atoms with Gasteiger partial charge in [0.2, 0.25) is 5.91 Å². The first kappa shape index (κ1) is 15.0. The largest absolute Gasteiger partial charge is 0.354 e. The molecule has 3 rings (SSSR count). The van der Waals surface area contributed by atoms with Gasteiger partial charge in [0, 0.05) is 32.5 Å². The second-order valence-electron chi connectivity index (χ2n) is 5.60. The van der Waals surface area contributed by atoms with Crippen LogP contribution in [-0.2, 0) is 17.8 Å². The Bertz CT molecular complexity index is 669. The van der Waals surface area contributed by atoms with Crippen molar-refractivity contribution in [3.8, 4) is 0 Å². The number of para-hydroxylation sites is 2. The van der Waals surface area contributed by atoms with Crippen LogP contribution in [0, 0.1) is 0 Å². The number of alkyl halides is 1. The number of hydrogen-bond acceptors (Lipinski definition) is 3. The minimum absolute atomic E-state index is 0.126. The summed E-state index contributed by atoms with van der Waals surface area (Å²) in [5.41, 5.74) is 2.09. The van der Waals surface area contributed by atoms with Gasteiger partial charge in [0.25, 0.3) is 0 Å². The Kier molecular flexibility index (Phi) is 4.38. The molecule has 5 nitrogen and oxygen atoms in total. The van der Waals surface area contributed by atoms with Crippen LogP contribution in [0.3, 0.4) is 0 Å². The molecular formula is C16H21FN4O. The van der Waals surface area contributed by atoms with Crippen LogP contribution >= 0.6 is 0 Å². The average molecular weight is 304 g/mol. The number of nitrogens with zero attached hydrogens (tertiary/aromatic N) is 2. The molecule has 1 aromatic heterocycles. The van der Waals surface area contributed by atoms with Gasteiger partial charge in [-0.25, -0.2) is 9.37 Å². The Morgan fingerprint density at radius 2 is 2.32 bits per heavy atom. The number of fused-ring (bicyclic) bond motifs is 1. The van der Waals surface area contributed by atoms with E-state index in [0.29, 0.717) is 13.0 Å². The highest BCUT2D eigenvalue weighted by Gasteiger charge is 2.28. The van der Waals surface area contributed by atoms with Crippen molar-refractivity contribution in [2.75, 3.05) is 13.1 Å². The normalized spacial score (nSPS) is 21.4. The summed E-state index contributed by atoms with van der Waals surface area (Å²) in [7, 11) is 0. The van der Waals surface area contributed by atoms with E-state index in [9.17, 15) is 9.18 Å². The summed E-state index contributed by atoms with van der Waals surface area (Å²) in [5.74, 6) is 0.839. The SMILES string of the molecule is CCn1c(CCNC(=O)[C@H]2C[C@H](F)CN2)nc2ccccc21. The van der Waals surface area contributed by atoms with E-state index in [1.807, 2.05) is 18.2 Å². The van der Waals surface area contributed by atoms with Gasteiger partial charge in [-0.1, -0.05) is 12.1 Å². The molecule has 1 amide bonds. The summed E-state index contributed by atoms with van der Waals surface area (Å²) in [6.45, 7) is 3.71. The zero-order valence-electron chi connectivity index (χ0n) is 12.7. The lowest BCUT2D eigenvalue weighted by Crippen LogP contribution is -2.41. The molecule has 0 saturated carbocycles. The smallest absolute Gasteiger partial charge is 0.237 e. The van der Waals surface area contributed by atoms with Gasteiger partial charge in [0.05, 0.1) is 17.1 Å². The van der Waals surface area contributed by atoms with Crippen molar-refractivity contribution in [3.05, 3.63) is 30.1 Å². The standard InChI is InChI=1S/C16H21FN4O/c1-2-21-14-6-4-3-5-12(14)20-15(21)7-8-18-16(22)13-9-11(17)10-19-13/h3-6,11,13,19H,2,7-10H2,1H3,(H,18,22)/t11-,13+/m0/s1. The second kappa shape index (κ2) is 6.44. The summed E-state index contributed by atoms with van der Waals surface area (Å²) in [6, 6.07) is 7.62. The number of carbonyl (C=O) groups is 1. The van der Waals surface area contributed by atoms with Gasteiger partial charge >= 0.3 is 0 Å². The van der Waals surface area contributed by atoms with Crippen LogP contribution in [0.4, 0.5) is 4.39 Å². The summed E-state index contributed by atoms with van der Waals surface area (Å²) in [6.07, 6.45) is 0.0133. The zero-order valence-corrected chi connectivity index (χ0v) is 12.7. The number of benzene rings is 1. The third kappa shape index (κ3) is 2.97. The van der Waals surface area contributed by atoms with Gasteiger partial charge in [-0.15, -0.1) is 0 Å². The number of hydrogen-bond donors (Lipinski definition) is 2. The third-order valence-electron chi connectivity index (χ3n) is 4.09.